The molecule has 4 aromatic rings. The first kappa shape index (κ1) is 25.4. The molecule has 1 aliphatic heterocycles. The SMILES string of the molecule is COc1cc([C@H]2C(C(=O)Nc3ccc(C)cc3C)=C(C)Nc3ncnn32)ccc1OCc1ccccc1Cl. The lowest BCUT2D eigenvalue weighted by Crippen LogP contribution is -2.31. The second kappa shape index (κ2) is 10.6. The van der Waals surface area contributed by atoms with Gasteiger partial charge in [-0.05, 0) is 56.2 Å². The summed E-state index contributed by atoms with van der Waals surface area (Å²) >= 11 is 6.29. The highest BCUT2D eigenvalue weighted by molar-refractivity contribution is 6.31. The number of carbonyl (C=O) groups is 1. The third-order valence-corrected chi connectivity index (χ3v) is 6.88. The molecule has 1 aliphatic rings. The summed E-state index contributed by atoms with van der Waals surface area (Å²) < 4.78 is 13.4. The van der Waals surface area contributed by atoms with Gasteiger partial charge in [-0.2, -0.15) is 10.1 Å². The average Bonchev–Trinajstić information content (AvgIpc) is 3.37. The zero-order valence-corrected chi connectivity index (χ0v) is 22.3. The van der Waals surface area contributed by atoms with Gasteiger partial charge in [0.2, 0.25) is 5.95 Å². The van der Waals surface area contributed by atoms with E-state index in [1.54, 1.807) is 11.8 Å². The summed E-state index contributed by atoms with van der Waals surface area (Å²) in [6.07, 6.45) is 1.46. The maximum atomic E-state index is 13.7. The van der Waals surface area contributed by atoms with E-state index in [1.165, 1.54) is 6.33 Å². The molecule has 1 amide bonds. The molecule has 0 unspecified atom stereocenters. The number of aryl methyl sites for hydroxylation is 2. The molecule has 5 rings (SSSR count). The van der Waals surface area contributed by atoms with Crippen LogP contribution >= 0.6 is 11.6 Å². The maximum Gasteiger partial charge on any atom is 0.255 e. The average molecular weight is 530 g/mol. The van der Waals surface area contributed by atoms with Gasteiger partial charge in [-0.1, -0.05) is 53.6 Å². The Morgan fingerprint density at radius 1 is 1.08 bits per heavy atom. The number of halogens is 1. The van der Waals surface area contributed by atoms with Gasteiger partial charge in [0.25, 0.3) is 5.91 Å². The van der Waals surface area contributed by atoms with Gasteiger partial charge in [0, 0.05) is 22.0 Å². The Balaban J connectivity index is 1.48. The molecule has 0 aliphatic carbocycles. The Hall–Kier alpha value is -4.30. The highest BCUT2D eigenvalue weighted by atomic mass is 35.5. The first-order chi connectivity index (χ1) is 18.4. The summed E-state index contributed by atoms with van der Waals surface area (Å²) in [5.74, 6) is 1.41. The van der Waals surface area contributed by atoms with Crippen LogP contribution < -0.4 is 20.1 Å². The van der Waals surface area contributed by atoms with E-state index in [1.807, 2.05) is 81.4 Å². The molecule has 0 spiro atoms. The van der Waals surface area contributed by atoms with E-state index in [0.29, 0.717) is 40.3 Å². The third-order valence-electron chi connectivity index (χ3n) is 6.51. The summed E-state index contributed by atoms with van der Waals surface area (Å²) in [5.41, 5.74) is 5.75. The van der Waals surface area contributed by atoms with E-state index < -0.39 is 6.04 Å². The van der Waals surface area contributed by atoms with Gasteiger partial charge in [0.05, 0.1) is 12.7 Å². The van der Waals surface area contributed by atoms with E-state index in [-0.39, 0.29) is 5.91 Å². The number of benzene rings is 3. The highest BCUT2D eigenvalue weighted by Gasteiger charge is 2.34. The number of ether oxygens (including phenoxy) is 2. The minimum Gasteiger partial charge on any atom is -0.493 e. The first-order valence-electron chi connectivity index (χ1n) is 12.2. The van der Waals surface area contributed by atoms with Crippen LogP contribution in [0.25, 0.3) is 0 Å². The van der Waals surface area contributed by atoms with Gasteiger partial charge >= 0.3 is 0 Å². The Morgan fingerprint density at radius 2 is 1.89 bits per heavy atom. The number of anilines is 2. The number of nitrogens with zero attached hydrogens (tertiary/aromatic N) is 3. The van der Waals surface area contributed by atoms with Gasteiger partial charge < -0.3 is 20.1 Å². The predicted octanol–water partition coefficient (Wildman–Crippen LogP) is 6.06. The van der Waals surface area contributed by atoms with Gasteiger partial charge in [-0.15, -0.1) is 0 Å². The second-order valence-corrected chi connectivity index (χ2v) is 9.56. The predicted molar refractivity (Wildman–Crippen MR) is 148 cm³/mol. The van der Waals surface area contributed by atoms with E-state index in [4.69, 9.17) is 21.1 Å². The maximum absolute atomic E-state index is 13.7. The number of allylic oxidation sites excluding steroid dienone is 1. The van der Waals surface area contributed by atoms with Crippen LogP contribution in [0.5, 0.6) is 11.5 Å². The fourth-order valence-corrected chi connectivity index (χ4v) is 4.77. The van der Waals surface area contributed by atoms with Crippen LogP contribution in [0.3, 0.4) is 0 Å². The van der Waals surface area contributed by atoms with E-state index in [0.717, 1.165) is 27.9 Å². The number of hydrogen-bond acceptors (Lipinski definition) is 6. The molecule has 38 heavy (non-hydrogen) atoms. The molecule has 1 atom stereocenters. The van der Waals surface area contributed by atoms with Gasteiger partial charge in [-0.3, -0.25) is 4.79 Å². The second-order valence-electron chi connectivity index (χ2n) is 9.16. The zero-order chi connectivity index (χ0) is 26.8. The lowest BCUT2D eigenvalue weighted by molar-refractivity contribution is -0.113. The van der Waals surface area contributed by atoms with E-state index in [9.17, 15) is 4.79 Å². The quantitative estimate of drug-likeness (QED) is 0.302. The summed E-state index contributed by atoms with van der Waals surface area (Å²) in [5, 5.41) is 11.3. The molecule has 0 saturated heterocycles. The number of amides is 1. The van der Waals surface area contributed by atoms with Crippen LogP contribution in [0.15, 0.2) is 78.3 Å². The first-order valence-corrected chi connectivity index (χ1v) is 12.5. The Labute approximate surface area is 226 Å². The Bertz CT molecular complexity index is 1540. The highest BCUT2D eigenvalue weighted by Crippen LogP contribution is 2.39. The van der Waals surface area contributed by atoms with Crippen LogP contribution in [0.1, 0.15) is 35.2 Å². The molecular weight excluding hydrogens is 502 g/mol. The summed E-state index contributed by atoms with van der Waals surface area (Å²) in [6.45, 7) is 6.15. The molecule has 1 aromatic heterocycles. The summed E-state index contributed by atoms with van der Waals surface area (Å²) in [4.78, 5) is 18.0. The van der Waals surface area contributed by atoms with Gasteiger partial charge in [-0.25, -0.2) is 4.68 Å². The molecule has 0 fully saturated rings. The topological polar surface area (TPSA) is 90.3 Å². The van der Waals surface area contributed by atoms with Crippen molar-refractivity contribution in [3.63, 3.8) is 0 Å². The molecule has 0 radical (unpaired) electrons. The van der Waals surface area contributed by atoms with Crippen molar-refractivity contribution in [3.8, 4) is 11.5 Å². The number of carbonyl (C=O) groups excluding carboxylic acids is 1. The van der Waals surface area contributed by atoms with Crippen LogP contribution in [-0.2, 0) is 11.4 Å². The van der Waals surface area contributed by atoms with Crippen molar-refractivity contribution in [2.75, 3.05) is 17.7 Å². The number of hydrogen-bond donors (Lipinski definition) is 2. The molecule has 2 heterocycles. The molecule has 0 bridgehead atoms. The molecular formula is C29H28ClN5O3. The van der Waals surface area contributed by atoms with Crippen molar-refractivity contribution in [1.82, 2.24) is 14.8 Å². The van der Waals surface area contributed by atoms with E-state index >= 15 is 0 Å². The summed E-state index contributed by atoms with van der Waals surface area (Å²) in [6, 6.07) is 18.5. The number of methoxy groups -OCH3 is 1. The summed E-state index contributed by atoms with van der Waals surface area (Å²) in [7, 11) is 1.58. The molecule has 3 aromatic carbocycles. The third kappa shape index (κ3) is 4.95. The minimum atomic E-state index is -0.536. The fourth-order valence-electron chi connectivity index (χ4n) is 4.58. The molecule has 194 valence electrons. The number of rotatable bonds is 7. The molecule has 8 nitrogen and oxygen atoms in total. The Morgan fingerprint density at radius 3 is 2.66 bits per heavy atom. The number of aromatic nitrogens is 3. The van der Waals surface area contributed by atoms with Crippen molar-refractivity contribution in [1.29, 1.82) is 0 Å². The lowest BCUT2D eigenvalue weighted by Gasteiger charge is -2.29. The molecule has 9 heteroatoms. The van der Waals surface area contributed by atoms with Crippen molar-refractivity contribution < 1.29 is 14.3 Å². The zero-order valence-electron chi connectivity index (χ0n) is 21.6. The van der Waals surface area contributed by atoms with Crippen LogP contribution in [0.4, 0.5) is 11.6 Å². The van der Waals surface area contributed by atoms with E-state index in [2.05, 4.69) is 20.7 Å². The van der Waals surface area contributed by atoms with Crippen molar-refractivity contribution in [3.05, 3.63) is 106 Å². The smallest absolute Gasteiger partial charge is 0.255 e. The largest absolute Gasteiger partial charge is 0.493 e. The minimum absolute atomic E-state index is 0.230. The van der Waals surface area contributed by atoms with Crippen molar-refractivity contribution >= 4 is 29.1 Å². The Kier molecular flexibility index (Phi) is 7.07. The fraction of sp³-hybridized carbons (Fsp3) is 0.207. The van der Waals surface area contributed by atoms with Gasteiger partial charge in [0.1, 0.15) is 19.0 Å². The monoisotopic (exact) mass is 529 g/mol. The normalized spacial score (nSPS) is 14.5. The van der Waals surface area contributed by atoms with Crippen molar-refractivity contribution in [2.45, 2.75) is 33.4 Å². The molecule has 0 saturated carbocycles. The lowest BCUT2D eigenvalue weighted by atomic mass is 9.94. The van der Waals surface area contributed by atoms with Crippen molar-refractivity contribution in [2.24, 2.45) is 0 Å². The van der Waals surface area contributed by atoms with Crippen LogP contribution in [-0.4, -0.2) is 27.8 Å². The van der Waals surface area contributed by atoms with Gasteiger partial charge in [0.15, 0.2) is 11.5 Å². The standard InChI is InChI=1S/C29H28ClN5O3/c1-17-9-11-23(18(2)13-17)34-28(36)26-19(3)33-29-31-16-32-35(29)27(26)20-10-12-24(25(14-20)37-4)38-15-21-7-5-6-8-22(21)30/h5-14,16,27H,15H2,1-4H3,(H,34,36)(H,31,32,33)/t27-/m0/s1. The number of fused-ring (bicyclic) bond motifs is 1. The number of nitrogens with one attached hydrogen (secondary N) is 2. The van der Waals surface area contributed by atoms with Crippen LogP contribution in [0.2, 0.25) is 5.02 Å². The molecule has 2 N–H and O–H groups in total. The van der Waals surface area contributed by atoms with Crippen LogP contribution in [0, 0.1) is 13.8 Å².